The Balaban J connectivity index is 1.49. The highest BCUT2D eigenvalue weighted by atomic mass is 16.6. The Morgan fingerprint density at radius 1 is 1.09 bits per heavy atom. The van der Waals surface area contributed by atoms with Gasteiger partial charge in [-0.1, -0.05) is 6.07 Å². The summed E-state index contributed by atoms with van der Waals surface area (Å²) >= 11 is 0. The number of benzene rings is 2. The van der Waals surface area contributed by atoms with Crippen molar-refractivity contribution in [2.75, 3.05) is 40.0 Å². The third-order valence-corrected chi connectivity index (χ3v) is 6.08. The first-order valence-electron chi connectivity index (χ1n) is 11.4. The van der Waals surface area contributed by atoms with Crippen LogP contribution in [0.3, 0.4) is 0 Å². The number of aliphatic hydroxyl groups is 1. The van der Waals surface area contributed by atoms with Crippen LogP contribution in [0.1, 0.15) is 31.7 Å². The molecule has 0 bridgehead atoms. The Bertz CT molecular complexity index is 944. The van der Waals surface area contributed by atoms with Crippen molar-refractivity contribution >= 4 is 5.91 Å². The molecule has 33 heavy (non-hydrogen) atoms. The Morgan fingerprint density at radius 3 is 2.45 bits per heavy atom. The van der Waals surface area contributed by atoms with Crippen LogP contribution in [0.4, 0.5) is 0 Å². The van der Waals surface area contributed by atoms with Crippen LogP contribution < -0.4 is 24.3 Å². The van der Waals surface area contributed by atoms with E-state index in [9.17, 15) is 9.90 Å². The standard InChI is InChI=1S/C25H32N2O6/c1-18(33-21-8-6-20(30-2)7-9-21)24(28)26-25(29,11-14-27-12-3-4-13-27)19-5-10-22-23(17-19)32-16-15-31-22/h5-10,17-18,29H,3-4,11-16H2,1-2H3,(H,26,28)/t18-,25-/m1/s1. The Morgan fingerprint density at radius 2 is 1.76 bits per heavy atom. The van der Waals surface area contributed by atoms with E-state index in [1.165, 1.54) is 0 Å². The third-order valence-electron chi connectivity index (χ3n) is 6.08. The van der Waals surface area contributed by atoms with Gasteiger partial charge in [-0.05, 0) is 69.3 Å². The molecule has 4 rings (SSSR count). The Hall–Kier alpha value is -2.97. The van der Waals surface area contributed by atoms with Crippen molar-refractivity contribution in [1.29, 1.82) is 0 Å². The lowest BCUT2D eigenvalue weighted by Crippen LogP contribution is -2.51. The predicted octanol–water partition coefficient (Wildman–Crippen LogP) is 2.68. The van der Waals surface area contributed by atoms with Gasteiger partial charge in [0.25, 0.3) is 5.91 Å². The third kappa shape index (κ3) is 5.69. The molecule has 0 saturated carbocycles. The number of amides is 1. The van der Waals surface area contributed by atoms with Crippen molar-refractivity contribution in [3.63, 3.8) is 0 Å². The summed E-state index contributed by atoms with van der Waals surface area (Å²) in [6.07, 6.45) is 1.84. The maximum atomic E-state index is 13.1. The molecule has 2 aliphatic heterocycles. The van der Waals surface area contributed by atoms with Gasteiger partial charge in [0.15, 0.2) is 23.3 Å². The van der Waals surface area contributed by atoms with Gasteiger partial charge in [0.1, 0.15) is 24.7 Å². The maximum absolute atomic E-state index is 13.1. The molecule has 1 amide bonds. The average Bonchev–Trinajstić information content (AvgIpc) is 3.37. The fourth-order valence-corrected chi connectivity index (χ4v) is 4.12. The average molecular weight is 457 g/mol. The van der Waals surface area contributed by atoms with E-state index in [4.69, 9.17) is 18.9 Å². The molecule has 2 aromatic carbocycles. The molecule has 2 heterocycles. The molecule has 0 aromatic heterocycles. The minimum atomic E-state index is -1.58. The molecule has 0 spiro atoms. The molecule has 8 nitrogen and oxygen atoms in total. The summed E-state index contributed by atoms with van der Waals surface area (Å²) in [5, 5.41) is 14.5. The first kappa shape index (κ1) is 23.2. The van der Waals surface area contributed by atoms with Crippen LogP contribution in [0.25, 0.3) is 0 Å². The van der Waals surface area contributed by atoms with Gasteiger partial charge in [0.2, 0.25) is 0 Å². The number of nitrogens with zero attached hydrogens (tertiary/aromatic N) is 1. The fraction of sp³-hybridized carbons (Fsp3) is 0.480. The summed E-state index contributed by atoms with van der Waals surface area (Å²) in [4.78, 5) is 15.4. The lowest BCUT2D eigenvalue weighted by atomic mass is 9.97. The second kappa shape index (κ2) is 10.3. The molecule has 0 radical (unpaired) electrons. The molecule has 2 N–H and O–H groups in total. The van der Waals surface area contributed by atoms with Crippen LogP contribution in [0.2, 0.25) is 0 Å². The van der Waals surface area contributed by atoms with E-state index < -0.39 is 17.7 Å². The zero-order chi connectivity index (χ0) is 23.3. The second-order valence-corrected chi connectivity index (χ2v) is 8.44. The highest BCUT2D eigenvalue weighted by molar-refractivity contribution is 5.81. The molecule has 0 aliphatic carbocycles. The van der Waals surface area contributed by atoms with E-state index in [0.717, 1.165) is 25.9 Å². The lowest BCUT2D eigenvalue weighted by Gasteiger charge is -2.33. The van der Waals surface area contributed by atoms with Gasteiger partial charge in [0.05, 0.1) is 7.11 Å². The van der Waals surface area contributed by atoms with E-state index in [1.807, 2.05) is 0 Å². The quantitative estimate of drug-likeness (QED) is 0.561. The van der Waals surface area contributed by atoms with Crippen molar-refractivity contribution in [3.05, 3.63) is 48.0 Å². The fourth-order valence-electron chi connectivity index (χ4n) is 4.12. The number of likely N-dealkylation sites (tertiary alicyclic amines) is 1. The van der Waals surface area contributed by atoms with E-state index in [-0.39, 0.29) is 0 Å². The molecule has 8 heteroatoms. The number of hydrogen-bond donors (Lipinski definition) is 2. The van der Waals surface area contributed by atoms with Crippen LogP contribution in [0.5, 0.6) is 23.0 Å². The molecule has 178 valence electrons. The molecule has 1 saturated heterocycles. The van der Waals surface area contributed by atoms with Crippen molar-refractivity contribution < 1.29 is 28.8 Å². The van der Waals surface area contributed by atoms with Gasteiger partial charge in [-0.25, -0.2) is 0 Å². The number of carbonyl (C=O) groups excluding carboxylic acids is 1. The Kier molecular flexibility index (Phi) is 7.25. The van der Waals surface area contributed by atoms with Crippen LogP contribution in [0, 0.1) is 0 Å². The zero-order valence-electron chi connectivity index (χ0n) is 19.2. The van der Waals surface area contributed by atoms with Crippen LogP contribution in [-0.4, -0.2) is 62.0 Å². The van der Waals surface area contributed by atoms with Crippen LogP contribution in [-0.2, 0) is 10.5 Å². The van der Waals surface area contributed by atoms with Crippen molar-refractivity contribution in [2.24, 2.45) is 0 Å². The minimum absolute atomic E-state index is 0.341. The molecule has 1 fully saturated rings. The minimum Gasteiger partial charge on any atom is -0.497 e. The number of fused-ring (bicyclic) bond motifs is 1. The highest BCUT2D eigenvalue weighted by Gasteiger charge is 2.35. The number of hydrogen-bond acceptors (Lipinski definition) is 7. The first-order valence-corrected chi connectivity index (χ1v) is 11.4. The maximum Gasteiger partial charge on any atom is 0.263 e. The smallest absolute Gasteiger partial charge is 0.263 e. The van der Waals surface area contributed by atoms with Crippen LogP contribution >= 0.6 is 0 Å². The van der Waals surface area contributed by atoms with Gasteiger partial charge < -0.3 is 34.3 Å². The van der Waals surface area contributed by atoms with Crippen molar-refractivity contribution in [3.8, 4) is 23.0 Å². The largest absolute Gasteiger partial charge is 0.497 e. The molecular weight excluding hydrogens is 424 g/mol. The highest BCUT2D eigenvalue weighted by Crippen LogP contribution is 2.35. The summed E-state index contributed by atoms with van der Waals surface area (Å²) in [5.74, 6) is 2.03. The van der Waals surface area contributed by atoms with Crippen molar-refractivity contribution in [2.45, 2.75) is 38.0 Å². The summed E-state index contributed by atoms with van der Waals surface area (Å²) in [7, 11) is 1.59. The number of carbonyl (C=O) groups is 1. The predicted molar refractivity (Wildman–Crippen MR) is 123 cm³/mol. The van der Waals surface area contributed by atoms with Gasteiger partial charge in [-0.15, -0.1) is 0 Å². The van der Waals surface area contributed by atoms with Gasteiger partial charge in [0, 0.05) is 18.5 Å². The summed E-state index contributed by atoms with van der Waals surface area (Å²) in [6, 6.07) is 12.3. The molecule has 2 atom stereocenters. The number of methoxy groups -OCH3 is 1. The summed E-state index contributed by atoms with van der Waals surface area (Å²) < 4.78 is 22.2. The number of rotatable bonds is 9. The van der Waals surface area contributed by atoms with E-state index in [2.05, 4.69) is 10.2 Å². The van der Waals surface area contributed by atoms with Gasteiger partial charge in [-0.2, -0.15) is 0 Å². The van der Waals surface area contributed by atoms with Gasteiger partial charge >= 0.3 is 0 Å². The molecule has 2 aromatic rings. The Labute approximate surface area is 194 Å². The topological polar surface area (TPSA) is 89.5 Å². The number of nitrogens with one attached hydrogen (secondary N) is 1. The SMILES string of the molecule is COc1ccc(O[C@H](C)C(=O)N[C@@](O)(CCN2CCCC2)c2ccc3c(c2)OCCO3)cc1. The summed E-state index contributed by atoms with van der Waals surface area (Å²) in [6.45, 7) is 5.26. The summed E-state index contributed by atoms with van der Waals surface area (Å²) in [5.41, 5.74) is -1.02. The normalized spacial score (nSPS) is 18.3. The van der Waals surface area contributed by atoms with Gasteiger partial charge in [-0.3, -0.25) is 4.79 Å². The second-order valence-electron chi connectivity index (χ2n) is 8.44. The first-order chi connectivity index (χ1) is 16.0. The van der Waals surface area contributed by atoms with E-state index >= 15 is 0 Å². The van der Waals surface area contributed by atoms with E-state index in [0.29, 0.717) is 54.7 Å². The van der Waals surface area contributed by atoms with Crippen LogP contribution in [0.15, 0.2) is 42.5 Å². The number of ether oxygens (including phenoxy) is 4. The van der Waals surface area contributed by atoms with Crippen molar-refractivity contribution in [1.82, 2.24) is 10.2 Å². The monoisotopic (exact) mass is 456 g/mol. The molecular formula is C25H32N2O6. The zero-order valence-corrected chi connectivity index (χ0v) is 19.2. The lowest BCUT2D eigenvalue weighted by molar-refractivity contribution is -0.136. The molecule has 0 unspecified atom stereocenters. The van der Waals surface area contributed by atoms with E-state index in [1.54, 1.807) is 56.5 Å². The molecule has 2 aliphatic rings.